The van der Waals surface area contributed by atoms with Crippen molar-refractivity contribution in [3.05, 3.63) is 193 Å². The average molecular weight is 673 g/mol. The van der Waals surface area contributed by atoms with Crippen LogP contribution in [-0.2, 0) is 5.41 Å². The molecule has 0 amide bonds. The number of rotatable bonds is 3. The molecule has 0 nitrogen and oxygen atoms in total. The molecule has 0 radical (unpaired) electrons. The number of benzene rings is 10. The summed E-state index contributed by atoms with van der Waals surface area (Å²) < 4.78 is 0. The summed E-state index contributed by atoms with van der Waals surface area (Å²) in [7, 11) is 0. The Morgan fingerprint density at radius 2 is 0.849 bits per heavy atom. The van der Waals surface area contributed by atoms with Crippen LogP contribution < -0.4 is 0 Å². The van der Waals surface area contributed by atoms with Gasteiger partial charge in [0.15, 0.2) is 0 Å². The van der Waals surface area contributed by atoms with Crippen molar-refractivity contribution in [2.45, 2.75) is 19.3 Å². The minimum Gasteiger partial charge on any atom is -0.0622 e. The van der Waals surface area contributed by atoms with Crippen molar-refractivity contribution in [3.63, 3.8) is 0 Å². The molecular formula is C53H36. The lowest BCUT2D eigenvalue weighted by Crippen LogP contribution is -2.14. The van der Waals surface area contributed by atoms with Crippen LogP contribution in [0, 0.1) is 0 Å². The molecule has 10 aromatic carbocycles. The van der Waals surface area contributed by atoms with Crippen LogP contribution in [0.2, 0.25) is 0 Å². The number of fused-ring (bicyclic) bond motifs is 10. The lowest BCUT2D eigenvalue weighted by atomic mass is 9.80. The van der Waals surface area contributed by atoms with Crippen LogP contribution >= 0.6 is 0 Å². The minimum absolute atomic E-state index is 0.0878. The molecule has 10 aromatic rings. The molecule has 1 aliphatic rings. The first-order chi connectivity index (χ1) is 26.1. The van der Waals surface area contributed by atoms with E-state index in [-0.39, 0.29) is 5.41 Å². The van der Waals surface area contributed by atoms with Gasteiger partial charge >= 0.3 is 0 Å². The molecule has 0 bridgehead atoms. The van der Waals surface area contributed by atoms with Gasteiger partial charge in [-0.05, 0) is 122 Å². The van der Waals surface area contributed by atoms with Crippen molar-refractivity contribution in [1.29, 1.82) is 0 Å². The molecule has 0 fully saturated rings. The molecule has 11 rings (SSSR count). The van der Waals surface area contributed by atoms with Crippen molar-refractivity contribution in [2.75, 3.05) is 0 Å². The Morgan fingerprint density at radius 1 is 0.283 bits per heavy atom. The summed E-state index contributed by atoms with van der Waals surface area (Å²) in [4.78, 5) is 0. The van der Waals surface area contributed by atoms with Gasteiger partial charge in [0.2, 0.25) is 0 Å². The zero-order chi connectivity index (χ0) is 35.3. The van der Waals surface area contributed by atoms with Gasteiger partial charge in [-0.3, -0.25) is 0 Å². The Labute approximate surface area is 309 Å². The maximum Gasteiger partial charge on any atom is 0.0159 e. The molecule has 0 N–H and O–H groups in total. The molecule has 0 atom stereocenters. The van der Waals surface area contributed by atoms with E-state index in [1.807, 2.05) is 0 Å². The minimum atomic E-state index is -0.0878. The summed E-state index contributed by atoms with van der Waals surface area (Å²) in [6, 6.07) is 68.0. The monoisotopic (exact) mass is 672 g/mol. The Morgan fingerprint density at radius 3 is 1.66 bits per heavy atom. The lowest BCUT2D eigenvalue weighted by Gasteiger charge is -2.23. The SMILES string of the molecule is CC1(C)c2ccccc2-c2c(-c3c4ccccc4c(-c4cc5c6ccccc6ccc5c5ccccc45)c4ccc(-c5ccccc5)cc34)cccc21. The Balaban J connectivity index is 1.33. The maximum absolute atomic E-state index is 2.48. The lowest BCUT2D eigenvalue weighted by molar-refractivity contribution is 0.660. The Bertz CT molecular complexity index is 3120. The Hall–Kier alpha value is -6.50. The van der Waals surface area contributed by atoms with Crippen LogP contribution in [0.5, 0.6) is 0 Å². The normalized spacial score (nSPS) is 13.2. The molecular weight excluding hydrogens is 637 g/mol. The third kappa shape index (κ3) is 4.30. The van der Waals surface area contributed by atoms with Crippen LogP contribution in [0.4, 0.5) is 0 Å². The van der Waals surface area contributed by atoms with Crippen LogP contribution in [-0.4, -0.2) is 0 Å². The zero-order valence-electron chi connectivity index (χ0n) is 29.8. The van der Waals surface area contributed by atoms with E-state index in [1.54, 1.807) is 0 Å². The molecule has 0 heterocycles. The first-order valence-corrected chi connectivity index (χ1v) is 18.7. The summed E-state index contributed by atoms with van der Waals surface area (Å²) in [5.41, 5.74) is 13.0. The van der Waals surface area contributed by atoms with E-state index in [4.69, 9.17) is 0 Å². The summed E-state index contributed by atoms with van der Waals surface area (Å²) in [5.74, 6) is 0. The first kappa shape index (κ1) is 30.2. The molecule has 248 valence electrons. The highest BCUT2D eigenvalue weighted by atomic mass is 14.4. The molecule has 0 aliphatic heterocycles. The van der Waals surface area contributed by atoms with Gasteiger partial charge in [0.25, 0.3) is 0 Å². The van der Waals surface area contributed by atoms with Crippen molar-refractivity contribution in [2.24, 2.45) is 0 Å². The second-order valence-corrected chi connectivity index (χ2v) is 15.2. The fourth-order valence-electron chi connectivity index (χ4n) is 9.60. The summed E-state index contributed by atoms with van der Waals surface area (Å²) in [6.45, 7) is 4.76. The van der Waals surface area contributed by atoms with E-state index in [1.165, 1.54) is 109 Å². The average Bonchev–Trinajstić information content (AvgIpc) is 3.46. The van der Waals surface area contributed by atoms with Gasteiger partial charge in [0, 0.05) is 5.41 Å². The van der Waals surface area contributed by atoms with Crippen molar-refractivity contribution < 1.29 is 0 Å². The molecule has 53 heavy (non-hydrogen) atoms. The van der Waals surface area contributed by atoms with Gasteiger partial charge in [-0.2, -0.15) is 0 Å². The third-order valence-corrected chi connectivity index (χ3v) is 12.0. The highest BCUT2D eigenvalue weighted by Crippen LogP contribution is 2.55. The van der Waals surface area contributed by atoms with Crippen molar-refractivity contribution in [3.8, 4) is 44.5 Å². The van der Waals surface area contributed by atoms with E-state index >= 15 is 0 Å². The van der Waals surface area contributed by atoms with Gasteiger partial charge in [-0.15, -0.1) is 0 Å². The molecule has 0 unspecified atom stereocenters. The molecule has 0 spiro atoms. The van der Waals surface area contributed by atoms with Crippen LogP contribution in [0.3, 0.4) is 0 Å². The van der Waals surface area contributed by atoms with E-state index in [0.29, 0.717) is 0 Å². The van der Waals surface area contributed by atoms with E-state index in [0.717, 1.165) is 0 Å². The maximum atomic E-state index is 2.48. The van der Waals surface area contributed by atoms with Gasteiger partial charge in [-0.25, -0.2) is 0 Å². The number of hydrogen-bond donors (Lipinski definition) is 0. The predicted octanol–water partition coefficient (Wildman–Crippen LogP) is 14.8. The fourth-order valence-corrected chi connectivity index (χ4v) is 9.60. The number of hydrogen-bond acceptors (Lipinski definition) is 0. The molecule has 0 saturated carbocycles. The van der Waals surface area contributed by atoms with Gasteiger partial charge in [-0.1, -0.05) is 184 Å². The van der Waals surface area contributed by atoms with E-state index in [2.05, 4.69) is 196 Å². The topological polar surface area (TPSA) is 0 Å². The third-order valence-electron chi connectivity index (χ3n) is 12.0. The van der Waals surface area contributed by atoms with Crippen LogP contribution in [0.15, 0.2) is 182 Å². The van der Waals surface area contributed by atoms with Crippen LogP contribution in [0.1, 0.15) is 25.0 Å². The summed E-state index contributed by atoms with van der Waals surface area (Å²) >= 11 is 0. The smallest absolute Gasteiger partial charge is 0.0159 e. The molecule has 0 saturated heterocycles. The standard InChI is InChI=1S/C53H36/c1-53(2)48-25-13-12-23-43(48)52-44(24-14-26-49(52)53)51-41-22-11-10-21-40(41)50(42-30-28-35(31-46(42)51)33-15-4-3-5-16-33)47-32-45-36-18-7-6-17-34(36)27-29-39(45)37-19-8-9-20-38(37)47/h3-32H,1-2H3. The quantitative estimate of drug-likeness (QED) is 0.129. The van der Waals surface area contributed by atoms with Gasteiger partial charge in [0.05, 0.1) is 0 Å². The Kier molecular flexibility index (Phi) is 6.40. The first-order valence-electron chi connectivity index (χ1n) is 18.7. The van der Waals surface area contributed by atoms with Gasteiger partial charge < -0.3 is 0 Å². The molecule has 0 aromatic heterocycles. The molecule has 1 aliphatic carbocycles. The van der Waals surface area contributed by atoms with Crippen molar-refractivity contribution >= 4 is 53.9 Å². The summed E-state index contributed by atoms with van der Waals surface area (Å²) in [5, 5.41) is 12.8. The van der Waals surface area contributed by atoms with Crippen LogP contribution in [0.25, 0.3) is 98.4 Å². The highest BCUT2D eigenvalue weighted by molar-refractivity contribution is 6.28. The van der Waals surface area contributed by atoms with E-state index in [9.17, 15) is 0 Å². The van der Waals surface area contributed by atoms with E-state index < -0.39 is 0 Å². The second-order valence-electron chi connectivity index (χ2n) is 15.2. The second kappa shape index (κ2) is 11.2. The highest BCUT2D eigenvalue weighted by Gasteiger charge is 2.37. The predicted molar refractivity (Wildman–Crippen MR) is 228 cm³/mol. The van der Waals surface area contributed by atoms with Crippen molar-refractivity contribution in [1.82, 2.24) is 0 Å². The fraction of sp³-hybridized carbons (Fsp3) is 0.0566. The summed E-state index contributed by atoms with van der Waals surface area (Å²) in [6.07, 6.45) is 0. The largest absolute Gasteiger partial charge is 0.0622 e. The molecule has 0 heteroatoms. The zero-order valence-corrected chi connectivity index (χ0v) is 29.8. The van der Waals surface area contributed by atoms with Gasteiger partial charge in [0.1, 0.15) is 0 Å².